The van der Waals surface area contributed by atoms with Gasteiger partial charge in [-0.15, -0.1) is 11.8 Å². The average molecular weight is 619 g/mol. The summed E-state index contributed by atoms with van der Waals surface area (Å²) in [4.78, 5) is 67.5. The van der Waals surface area contributed by atoms with Gasteiger partial charge in [0, 0.05) is 22.4 Å². The van der Waals surface area contributed by atoms with Crippen LogP contribution in [0.2, 0.25) is 0 Å². The molecule has 3 aliphatic rings. The molecule has 3 amide bonds. The Morgan fingerprint density at radius 1 is 1.07 bits per heavy atom. The van der Waals surface area contributed by atoms with Gasteiger partial charge in [0.05, 0.1) is 5.52 Å². The second kappa shape index (κ2) is 10.7. The molecule has 44 heavy (non-hydrogen) atoms. The lowest BCUT2D eigenvalue weighted by Gasteiger charge is -2.44. The Bertz CT molecular complexity index is 1770. The van der Waals surface area contributed by atoms with Gasteiger partial charge in [-0.05, 0) is 61.9 Å². The molecule has 230 valence electrons. The molecule has 0 spiro atoms. The van der Waals surface area contributed by atoms with Crippen molar-refractivity contribution in [3.05, 3.63) is 75.6 Å². The minimum Gasteiger partial charge on any atom is -0.508 e. The summed E-state index contributed by atoms with van der Waals surface area (Å²) in [7, 11) is 0. The standard InChI is InChI=1S/C32H34N4O7S/c1-15(2)21-13-10-17-6-5-7-19-24(17)35(21)14-20(25(19)38)27(39)33-22(16-8-11-18(37)12-9-16)28(40)34-23-29(41)36-26(31(42)43)32(3,4)44-30(23)36/h5-9,11-12,14-15,21-23,26,30,37H,10,13H2,1-4H3,(H,33,39)(H,34,40)(H,42,43). The first-order valence-electron chi connectivity index (χ1n) is 14.6. The molecule has 2 fully saturated rings. The number of phenolic OH excluding ortho intramolecular Hbond substituents is 1. The Labute approximate surface area is 257 Å². The monoisotopic (exact) mass is 618 g/mol. The summed E-state index contributed by atoms with van der Waals surface area (Å²) in [5.41, 5.74) is 1.63. The number of benzene rings is 2. The maximum Gasteiger partial charge on any atom is 0.327 e. The van der Waals surface area contributed by atoms with E-state index < -0.39 is 57.4 Å². The van der Waals surface area contributed by atoms with E-state index in [4.69, 9.17) is 0 Å². The Balaban J connectivity index is 1.32. The van der Waals surface area contributed by atoms with E-state index in [-0.39, 0.29) is 23.3 Å². The summed E-state index contributed by atoms with van der Waals surface area (Å²) in [5.74, 6) is -2.90. The number of β-lactam (4-membered cyclic amide) rings is 1. The van der Waals surface area contributed by atoms with Crippen molar-refractivity contribution in [1.82, 2.24) is 20.1 Å². The van der Waals surface area contributed by atoms with Crippen LogP contribution in [-0.2, 0) is 20.8 Å². The zero-order valence-electron chi connectivity index (χ0n) is 24.7. The van der Waals surface area contributed by atoms with Crippen molar-refractivity contribution in [1.29, 1.82) is 0 Å². The highest BCUT2D eigenvalue weighted by Gasteiger charge is 2.64. The van der Waals surface area contributed by atoms with Crippen molar-refractivity contribution in [2.45, 2.75) is 74.8 Å². The molecule has 0 radical (unpaired) electrons. The van der Waals surface area contributed by atoms with Crippen LogP contribution in [0.15, 0.2) is 53.5 Å². The van der Waals surface area contributed by atoms with Gasteiger partial charge in [0.1, 0.15) is 34.8 Å². The van der Waals surface area contributed by atoms with Gasteiger partial charge >= 0.3 is 5.97 Å². The van der Waals surface area contributed by atoms with Crippen molar-refractivity contribution in [2.75, 3.05) is 0 Å². The summed E-state index contributed by atoms with van der Waals surface area (Å²) < 4.78 is 1.23. The molecule has 4 N–H and O–H groups in total. The molecule has 2 saturated heterocycles. The lowest BCUT2D eigenvalue weighted by molar-refractivity contribution is -0.161. The summed E-state index contributed by atoms with van der Waals surface area (Å²) in [5, 5.41) is 24.8. The third-order valence-electron chi connectivity index (χ3n) is 8.95. The van der Waals surface area contributed by atoms with Gasteiger partial charge in [0.2, 0.25) is 17.2 Å². The topological polar surface area (TPSA) is 158 Å². The highest BCUT2D eigenvalue weighted by Crippen LogP contribution is 2.50. The Hall–Kier alpha value is -4.32. The Kier molecular flexibility index (Phi) is 7.22. The largest absolute Gasteiger partial charge is 0.508 e. The Morgan fingerprint density at radius 2 is 1.77 bits per heavy atom. The van der Waals surface area contributed by atoms with Crippen LogP contribution in [0.1, 0.15) is 67.7 Å². The number of nitrogens with one attached hydrogen (secondary N) is 2. The van der Waals surface area contributed by atoms with Gasteiger partial charge in [-0.1, -0.05) is 38.1 Å². The third kappa shape index (κ3) is 4.72. The van der Waals surface area contributed by atoms with Crippen LogP contribution < -0.4 is 16.1 Å². The molecule has 3 aromatic rings. The lowest BCUT2D eigenvalue weighted by atomic mass is 9.90. The maximum atomic E-state index is 13.8. The van der Waals surface area contributed by atoms with Gasteiger partial charge in [0.15, 0.2) is 0 Å². The van der Waals surface area contributed by atoms with Gasteiger partial charge in [-0.25, -0.2) is 4.79 Å². The zero-order valence-corrected chi connectivity index (χ0v) is 25.6. The number of hydrogen-bond acceptors (Lipinski definition) is 7. The van der Waals surface area contributed by atoms with E-state index >= 15 is 0 Å². The van der Waals surface area contributed by atoms with Gasteiger partial charge in [-0.3, -0.25) is 19.2 Å². The highest BCUT2D eigenvalue weighted by molar-refractivity contribution is 8.01. The van der Waals surface area contributed by atoms with Crippen molar-refractivity contribution in [3.63, 3.8) is 0 Å². The van der Waals surface area contributed by atoms with Crippen LogP contribution in [0, 0.1) is 5.92 Å². The van der Waals surface area contributed by atoms with E-state index in [2.05, 4.69) is 24.5 Å². The number of phenols is 1. The van der Waals surface area contributed by atoms with Gasteiger partial charge in [-0.2, -0.15) is 0 Å². The third-order valence-corrected chi connectivity index (χ3v) is 10.5. The number of rotatable bonds is 7. The minimum atomic E-state index is -1.32. The molecule has 4 heterocycles. The number of thioether (sulfide) groups is 1. The quantitative estimate of drug-likeness (QED) is 0.294. The van der Waals surface area contributed by atoms with Gasteiger partial charge < -0.3 is 30.3 Å². The molecular formula is C32H34N4O7S. The molecule has 0 saturated carbocycles. The number of aryl methyl sites for hydroxylation is 1. The number of nitrogens with zero attached hydrogens (tertiary/aromatic N) is 2. The number of hydrogen-bond donors (Lipinski definition) is 4. The Morgan fingerprint density at radius 3 is 2.43 bits per heavy atom. The maximum absolute atomic E-state index is 13.8. The number of amides is 3. The number of para-hydroxylation sites is 1. The number of aromatic hydroxyl groups is 1. The van der Waals surface area contributed by atoms with Crippen molar-refractivity contribution >= 4 is 46.4 Å². The SMILES string of the molecule is CC(C)C1CCc2cccc3c(=O)c(C(=O)NC(C(=O)NC4C(=O)N5C4SC(C)(C)C5C(=O)O)c4ccc(O)cc4)cn1c23. The van der Waals surface area contributed by atoms with Crippen LogP contribution in [0.4, 0.5) is 0 Å². The second-order valence-electron chi connectivity index (χ2n) is 12.5. The number of carbonyl (C=O) groups is 4. The predicted molar refractivity (Wildman–Crippen MR) is 164 cm³/mol. The summed E-state index contributed by atoms with van der Waals surface area (Å²) in [6.07, 6.45) is 3.27. The van der Waals surface area contributed by atoms with E-state index in [1.807, 2.05) is 16.7 Å². The van der Waals surface area contributed by atoms with Crippen molar-refractivity contribution in [3.8, 4) is 5.75 Å². The van der Waals surface area contributed by atoms with Crippen LogP contribution in [-0.4, -0.2) is 65.6 Å². The van der Waals surface area contributed by atoms with Crippen LogP contribution in [0.3, 0.4) is 0 Å². The van der Waals surface area contributed by atoms with E-state index in [0.717, 1.165) is 23.9 Å². The molecule has 2 aromatic carbocycles. The number of fused-ring (bicyclic) bond motifs is 1. The smallest absolute Gasteiger partial charge is 0.327 e. The molecule has 3 aliphatic heterocycles. The molecule has 0 bridgehead atoms. The van der Waals surface area contributed by atoms with Crippen LogP contribution >= 0.6 is 11.8 Å². The minimum absolute atomic E-state index is 0.0456. The summed E-state index contributed by atoms with van der Waals surface area (Å²) >= 11 is 1.29. The number of aliphatic carboxylic acids is 1. The summed E-state index contributed by atoms with van der Waals surface area (Å²) in [6, 6.07) is 7.92. The van der Waals surface area contributed by atoms with E-state index in [1.165, 1.54) is 40.9 Å². The molecule has 6 rings (SSSR count). The van der Waals surface area contributed by atoms with E-state index in [0.29, 0.717) is 10.9 Å². The zero-order chi connectivity index (χ0) is 31.7. The van der Waals surface area contributed by atoms with Crippen molar-refractivity contribution < 1.29 is 29.4 Å². The fraction of sp³-hybridized carbons (Fsp3) is 0.406. The number of carbonyl (C=O) groups excluding carboxylic acids is 3. The van der Waals surface area contributed by atoms with E-state index in [9.17, 15) is 34.2 Å². The number of pyridine rings is 1. The first-order chi connectivity index (χ1) is 20.8. The molecule has 5 atom stereocenters. The number of aromatic nitrogens is 1. The first kappa shape index (κ1) is 29.7. The molecule has 1 aromatic heterocycles. The number of carboxylic acids is 1. The van der Waals surface area contributed by atoms with E-state index in [1.54, 1.807) is 26.1 Å². The molecule has 12 heteroatoms. The summed E-state index contributed by atoms with van der Waals surface area (Å²) in [6.45, 7) is 7.67. The second-order valence-corrected chi connectivity index (χ2v) is 14.3. The normalized spacial score (nSPS) is 24.0. The number of carboxylic acid groups (broad SMARTS) is 1. The fourth-order valence-electron chi connectivity index (χ4n) is 6.77. The van der Waals surface area contributed by atoms with Crippen molar-refractivity contribution in [2.24, 2.45) is 5.92 Å². The van der Waals surface area contributed by atoms with Crippen LogP contribution in [0.25, 0.3) is 10.9 Å². The van der Waals surface area contributed by atoms with Crippen LogP contribution in [0.5, 0.6) is 5.75 Å². The average Bonchev–Trinajstić information content (AvgIpc) is 3.24. The molecular weight excluding hydrogens is 584 g/mol. The predicted octanol–water partition coefficient (Wildman–Crippen LogP) is 2.95. The fourth-order valence-corrected chi connectivity index (χ4v) is 8.39. The molecule has 0 aliphatic carbocycles. The highest BCUT2D eigenvalue weighted by atomic mass is 32.2. The molecule has 5 unspecified atom stereocenters. The first-order valence-corrected chi connectivity index (χ1v) is 15.5. The molecule has 11 nitrogen and oxygen atoms in total. The van der Waals surface area contributed by atoms with Gasteiger partial charge in [0.25, 0.3) is 5.91 Å². The lowest BCUT2D eigenvalue weighted by Crippen LogP contribution is -2.71.